The van der Waals surface area contributed by atoms with Gasteiger partial charge in [0, 0.05) is 0 Å². The Bertz CT molecular complexity index is 161. The van der Waals surface area contributed by atoms with Gasteiger partial charge in [0.1, 0.15) is 0 Å². The number of rotatable bonds is 3. The fourth-order valence-electron chi connectivity index (χ4n) is 1.21. The first kappa shape index (κ1) is 7.59. The quantitative estimate of drug-likeness (QED) is 0.557. The highest BCUT2D eigenvalue weighted by Gasteiger charge is 2.01. The summed E-state index contributed by atoms with van der Waals surface area (Å²) in [5.41, 5.74) is 2.82. The van der Waals surface area contributed by atoms with Crippen LogP contribution < -0.4 is 0 Å². The molecule has 0 spiro atoms. The van der Waals surface area contributed by atoms with E-state index in [0.29, 0.717) is 0 Å². The van der Waals surface area contributed by atoms with Gasteiger partial charge in [-0.15, -0.1) is 0 Å². The van der Waals surface area contributed by atoms with Crippen molar-refractivity contribution >= 4 is 0 Å². The van der Waals surface area contributed by atoms with Gasteiger partial charge < -0.3 is 0 Å². The van der Waals surface area contributed by atoms with E-state index in [2.05, 4.69) is 26.0 Å². The molecule has 1 aliphatic rings. The maximum Gasteiger partial charge on any atom is -0.0124 e. The van der Waals surface area contributed by atoms with Crippen molar-refractivity contribution in [3.05, 3.63) is 23.3 Å². The van der Waals surface area contributed by atoms with E-state index in [1.807, 2.05) is 0 Å². The van der Waals surface area contributed by atoms with E-state index in [4.69, 9.17) is 0 Å². The van der Waals surface area contributed by atoms with Crippen LogP contribution in [0.25, 0.3) is 0 Å². The Kier molecular flexibility index (Phi) is 2.73. The maximum atomic E-state index is 3.37. The molecule has 0 saturated carbocycles. The molecule has 0 aromatic carbocycles. The predicted octanol–water partition coefficient (Wildman–Crippen LogP) is 3.26. The van der Waals surface area contributed by atoms with Gasteiger partial charge in [0.25, 0.3) is 0 Å². The number of allylic oxidation sites excluding steroid dienone is 4. The van der Waals surface area contributed by atoms with Crippen molar-refractivity contribution in [3.63, 3.8) is 0 Å². The summed E-state index contributed by atoms with van der Waals surface area (Å²) in [5, 5.41) is 0. The van der Waals surface area contributed by atoms with Crippen LogP contribution in [0, 0.1) is 6.08 Å². The topological polar surface area (TPSA) is 0 Å². The van der Waals surface area contributed by atoms with Crippen LogP contribution in [0.4, 0.5) is 0 Å². The second-order valence-corrected chi connectivity index (χ2v) is 2.92. The minimum absolute atomic E-state index is 1.16. The van der Waals surface area contributed by atoms with E-state index >= 15 is 0 Å². The summed E-state index contributed by atoms with van der Waals surface area (Å²) in [6, 6.07) is 0. The summed E-state index contributed by atoms with van der Waals surface area (Å²) in [4.78, 5) is 0. The molecule has 0 aromatic heterocycles. The zero-order chi connectivity index (χ0) is 7.40. The monoisotopic (exact) mass is 135 g/mol. The Labute approximate surface area is 63.6 Å². The second-order valence-electron chi connectivity index (χ2n) is 2.92. The third-order valence-electron chi connectivity index (χ3n) is 1.86. The molecule has 0 saturated heterocycles. The lowest BCUT2D eigenvalue weighted by atomic mass is 10.1. The first-order valence-corrected chi connectivity index (χ1v) is 4.11. The molecule has 0 nitrogen and oxygen atoms in total. The van der Waals surface area contributed by atoms with Crippen molar-refractivity contribution in [2.24, 2.45) is 0 Å². The van der Waals surface area contributed by atoms with Crippen LogP contribution in [-0.2, 0) is 0 Å². The molecule has 0 unspecified atom stereocenters. The van der Waals surface area contributed by atoms with Gasteiger partial charge in [-0.05, 0) is 37.8 Å². The normalized spacial score (nSPS) is 17.0. The number of hydrogen-bond donors (Lipinski definition) is 0. The molecular formula is C10H15. The number of unbranched alkanes of at least 4 members (excludes halogenated alkanes) is 1. The third-order valence-corrected chi connectivity index (χ3v) is 1.86. The SMILES string of the molecule is CCCCC1=[C]C(C)=CC1. The molecule has 0 amide bonds. The molecular weight excluding hydrogens is 120 g/mol. The Morgan fingerprint density at radius 1 is 1.60 bits per heavy atom. The van der Waals surface area contributed by atoms with Crippen molar-refractivity contribution in [2.45, 2.75) is 39.5 Å². The summed E-state index contributed by atoms with van der Waals surface area (Å²) in [6.07, 6.45) is 10.7. The smallest absolute Gasteiger partial charge is 0.0124 e. The predicted molar refractivity (Wildman–Crippen MR) is 44.7 cm³/mol. The lowest BCUT2D eigenvalue weighted by Gasteiger charge is -1.96. The van der Waals surface area contributed by atoms with Crippen molar-refractivity contribution < 1.29 is 0 Å². The molecule has 0 bridgehead atoms. The summed E-state index contributed by atoms with van der Waals surface area (Å²) >= 11 is 0. The van der Waals surface area contributed by atoms with Crippen LogP contribution in [0.2, 0.25) is 0 Å². The lowest BCUT2D eigenvalue weighted by molar-refractivity contribution is 0.777. The van der Waals surface area contributed by atoms with E-state index in [0.717, 1.165) is 6.42 Å². The van der Waals surface area contributed by atoms with Crippen LogP contribution >= 0.6 is 0 Å². The van der Waals surface area contributed by atoms with Gasteiger partial charge in [0.2, 0.25) is 0 Å². The van der Waals surface area contributed by atoms with Gasteiger partial charge in [0.15, 0.2) is 0 Å². The molecule has 0 atom stereocenters. The van der Waals surface area contributed by atoms with Crippen molar-refractivity contribution in [2.75, 3.05) is 0 Å². The molecule has 10 heavy (non-hydrogen) atoms. The Balaban J connectivity index is 2.27. The Morgan fingerprint density at radius 2 is 2.40 bits per heavy atom. The van der Waals surface area contributed by atoms with Crippen molar-refractivity contribution in [3.8, 4) is 0 Å². The van der Waals surface area contributed by atoms with Gasteiger partial charge in [-0.25, -0.2) is 0 Å². The second kappa shape index (κ2) is 3.60. The third kappa shape index (κ3) is 2.02. The van der Waals surface area contributed by atoms with Crippen LogP contribution in [0.1, 0.15) is 39.5 Å². The van der Waals surface area contributed by atoms with E-state index in [-0.39, 0.29) is 0 Å². The highest BCUT2D eigenvalue weighted by Crippen LogP contribution is 2.20. The zero-order valence-electron chi connectivity index (χ0n) is 6.91. The fourth-order valence-corrected chi connectivity index (χ4v) is 1.21. The van der Waals surface area contributed by atoms with E-state index in [1.165, 1.54) is 30.4 Å². The molecule has 1 rings (SSSR count). The van der Waals surface area contributed by atoms with Crippen LogP contribution in [-0.4, -0.2) is 0 Å². The summed E-state index contributed by atoms with van der Waals surface area (Å²) in [5.74, 6) is 0. The van der Waals surface area contributed by atoms with Gasteiger partial charge in [-0.1, -0.05) is 25.0 Å². The first-order valence-electron chi connectivity index (χ1n) is 4.11. The summed E-state index contributed by atoms with van der Waals surface area (Å²) in [6.45, 7) is 4.36. The van der Waals surface area contributed by atoms with Gasteiger partial charge in [-0.3, -0.25) is 0 Å². The summed E-state index contributed by atoms with van der Waals surface area (Å²) in [7, 11) is 0. The average Bonchev–Trinajstić information content (AvgIpc) is 2.31. The molecule has 0 aromatic rings. The number of hydrogen-bond acceptors (Lipinski definition) is 0. The van der Waals surface area contributed by atoms with Gasteiger partial charge >= 0.3 is 0 Å². The highest BCUT2D eigenvalue weighted by atomic mass is 14.1. The maximum absolute atomic E-state index is 3.37. The van der Waals surface area contributed by atoms with Crippen LogP contribution in [0.15, 0.2) is 17.2 Å². The fraction of sp³-hybridized carbons (Fsp3) is 0.600. The molecule has 0 fully saturated rings. The minimum Gasteiger partial charge on any atom is -0.0769 e. The van der Waals surface area contributed by atoms with Gasteiger partial charge in [0.05, 0.1) is 0 Å². The lowest BCUT2D eigenvalue weighted by Crippen LogP contribution is -1.77. The zero-order valence-corrected chi connectivity index (χ0v) is 6.91. The molecule has 0 N–H and O–H groups in total. The highest BCUT2D eigenvalue weighted by molar-refractivity contribution is 5.25. The molecule has 1 aliphatic carbocycles. The standard InChI is InChI=1S/C10H15/c1-3-4-5-10-7-6-9(2)8-10/h6H,3-5,7H2,1-2H3. The molecule has 55 valence electrons. The van der Waals surface area contributed by atoms with Gasteiger partial charge in [-0.2, -0.15) is 0 Å². The Morgan fingerprint density at radius 3 is 2.90 bits per heavy atom. The first-order chi connectivity index (χ1) is 4.83. The van der Waals surface area contributed by atoms with E-state index < -0.39 is 0 Å². The average molecular weight is 135 g/mol. The molecule has 0 heterocycles. The van der Waals surface area contributed by atoms with E-state index in [1.54, 1.807) is 0 Å². The van der Waals surface area contributed by atoms with Crippen LogP contribution in [0.5, 0.6) is 0 Å². The largest absolute Gasteiger partial charge is 0.0769 e. The van der Waals surface area contributed by atoms with Crippen molar-refractivity contribution in [1.82, 2.24) is 0 Å². The summed E-state index contributed by atoms with van der Waals surface area (Å²) < 4.78 is 0. The molecule has 0 heteroatoms. The van der Waals surface area contributed by atoms with E-state index in [9.17, 15) is 0 Å². The Hall–Kier alpha value is -0.520. The molecule has 0 aliphatic heterocycles. The minimum atomic E-state index is 1.16. The van der Waals surface area contributed by atoms with Crippen LogP contribution in [0.3, 0.4) is 0 Å². The molecule has 1 radical (unpaired) electrons. The van der Waals surface area contributed by atoms with Crippen molar-refractivity contribution in [1.29, 1.82) is 0 Å².